The number of aliphatic hydroxyl groups excluding tert-OH is 3. The maximum absolute atomic E-state index is 13.6. The summed E-state index contributed by atoms with van der Waals surface area (Å²) < 4.78 is 11.4. The Morgan fingerprint density at radius 2 is 1.71 bits per heavy atom. The van der Waals surface area contributed by atoms with E-state index in [4.69, 9.17) is 9.47 Å². The molecule has 0 aromatic heterocycles. The molecule has 1 saturated heterocycles. The maximum Gasteiger partial charge on any atom is 0.202 e. The van der Waals surface area contributed by atoms with Crippen molar-refractivity contribution >= 4 is 17.1 Å². The van der Waals surface area contributed by atoms with Gasteiger partial charge in [-0.15, -0.1) is 0 Å². The average Bonchev–Trinajstić information content (AvgIpc) is 2.75. The van der Waals surface area contributed by atoms with Gasteiger partial charge in [-0.1, -0.05) is 6.07 Å². The lowest BCUT2D eigenvalue weighted by Gasteiger charge is -2.36. The summed E-state index contributed by atoms with van der Waals surface area (Å²) in [7, 11) is 0. The Bertz CT molecular complexity index is 1250. The monoisotopic (exact) mass is 468 g/mol. The Labute approximate surface area is 194 Å². The molecular weight excluding hydrogens is 444 g/mol. The molecule has 0 saturated carbocycles. The molecule has 34 heavy (non-hydrogen) atoms. The van der Waals surface area contributed by atoms with Crippen molar-refractivity contribution in [3.05, 3.63) is 57.7 Å². The zero-order valence-corrected chi connectivity index (χ0v) is 18.5. The number of ketones is 2. The zero-order chi connectivity index (χ0) is 24.5. The highest BCUT2D eigenvalue weighted by Crippen LogP contribution is 2.47. The number of Topliss-reactive ketones (excluding diaryl/α,β-unsaturated/α-hetero) is 2. The van der Waals surface area contributed by atoms with Crippen LogP contribution in [0.5, 0.6) is 17.2 Å². The van der Waals surface area contributed by atoms with Crippen LogP contribution >= 0.6 is 0 Å². The molecule has 5 N–H and O–H groups in total. The number of ether oxygens (including phenoxy) is 2. The Morgan fingerprint density at radius 1 is 0.971 bits per heavy atom. The summed E-state index contributed by atoms with van der Waals surface area (Å²) >= 11 is 0. The molecule has 2 aromatic rings. The molecule has 1 fully saturated rings. The second kappa shape index (κ2) is 7.92. The van der Waals surface area contributed by atoms with Crippen LogP contribution in [0.25, 0.3) is 5.57 Å². The highest BCUT2D eigenvalue weighted by Gasteiger charge is 2.44. The second-order valence-electron chi connectivity index (χ2n) is 9.00. The van der Waals surface area contributed by atoms with Gasteiger partial charge in [0, 0.05) is 29.6 Å². The second-order valence-corrected chi connectivity index (χ2v) is 9.00. The Kier molecular flexibility index (Phi) is 5.25. The van der Waals surface area contributed by atoms with E-state index in [1.807, 2.05) is 0 Å². The van der Waals surface area contributed by atoms with Crippen LogP contribution in [0.2, 0.25) is 0 Å². The van der Waals surface area contributed by atoms with Crippen molar-refractivity contribution in [2.75, 3.05) is 0 Å². The molecule has 2 aromatic carbocycles. The number of benzene rings is 2. The van der Waals surface area contributed by atoms with E-state index in [0.29, 0.717) is 5.56 Å². The molecule has 0 amide bonds. The van der Waals surface area contributed by atoms with Crippen LogP contribution in [-0.2, 0) is 11.2 Å². The van der Waals surface area contributed by atoms with Gasteiger partial charge in [-0.25, -0.2) is 0 Å². The van der Waals surface area contributed by atoms with Crippen LogP contribution in [0.15, 0.2) is 29.8 Å². The minimum absolute atomic E-state index is 0.0279. The van der Waals surface area contributed by atoms with Gasteiger partial charge < -0.3 is 35.0 Å². The molecule has 2 aliphatic carbocycles. The van der Waals surface area contributed by atoms with Crippen molar-refractivity contribution in [1.29, 1.82) is 0 Å². The van der Waals surface area contributed by atoms with Gasteiger partial charge in [0.1, 0.15) is 23.4 Å². The van der Waals surface area contributed by atoms with Crippen LogP contribution in [0.4, 0.5) is 0 Å². The summed E-state index contributed by atoms with van der Waals surface area (Å²) in [6.07, 6.45) is -5.33. The molecule has 9 nitrogen and oxygen atoms in total. The number of fused-ring (bicyclic) bond motifs is 3. The van der Waals surface area contributed by atoms with Crippen molar-refractivity contribution < 1.29 is 44.6 Å². The summed E-state index contributed by atoms with van der Waals surface area (Å²) in [5.41, 5.74) is 0.584. The molecule has 3 aliphatic rings. The van der Waals surface area contributed by atoms with E-state index in [-0.39, 0.29) is 52.2 Å². The third kappa shape index (κ3) is 3.32. The third-order valence-corrected chi connectivity index (χ3v) is 6.61. The summed E-state index contributed by atoms with van der Waals surface area (Å²) in [4.78, 5) is 27.2. The number of phenols is 2. The van der Waals surface area contributed by atoms with E-state index < -0.39 is 48.0 Å². The summed E-state index contributed by atoms with van der Waals surface area (Å²) in [5, 5.41) is 51.9. The minimum Gasteiger partial charge on any atom is -0.507 e. The van der Waals surface area contributed by atoms with E-state index in [1.54, 1.807) is 19.9 Å². The quantitative estimate of drug-likeness (QED) is 0.440. The van der Waals surface area contributed by atoms with E-state index >= 15 is 0 Å². The fourth-order valence-electron chi connectivity index (χ4n) is 5.03. The summed E-state index contributed by atoms with van der Waals surface area (Å²) in [5.74, 6) is -2.14. The van der Waals surface area contributed by atoms with E-state index in [2.05, 4.69) is 0 Å². The standard InChI is InChI=1S/C25H24O9/c1-9-5-11-7-14(28)20-22(18(11)13(27)6-9)25(32)19-12(26)3-4-16(21(19)24(20)31)34-17-8-15(29)23(30)10(2)33-17/h3-6,10,14-15,17,23,26-30H,7-8H2,1-2H3. The first-order chi connectivity index (χ1) is 16.1. The normalized spacial score (nSPS) is 28.3. The van der Waals surface area contributed by atoms with Crippen molar-refractivity contribution in [2.45, 2.75) is 57.4 Å². The molecule has 1 aliphatic heterocycles. The highest BCUT2D eigenvalue weighted by atomic mass is 16.7. The lowest BCUT2D eigenvalue weighted by Crippen LogP contribution is -2.48. The van der Waals surface area contributed by atoms with Gasteiger partial charge in [-0.2, -0.15) is 0 Å². The van der Waals surface area contributed by atoms with Crippen LogP contribution in [0.3, 0.4) is 0 Å². The lowest BCUT2D eigenvalue weighted by molar-refractivity contribution is -0.216. The van der Waals surface area contributed by atoms with Gasteiger partial charge in [0.2, 0.25) is 6.29 Å². The fourth-order valence-corrected chi connectivity index (χ4v) is 5.03. The third-order valence-electron chi connectivity index (χ3n) is 6.61. The molecule has 5 atom stereocenters. The smallest absolute Gasteiger partial charge is 0.202 e. The Hall–Kier alpha value is -3.24. The van der Waals surface area contributed by atoms with Gasteiger partial charge in [-0.05, 0) is 43.2 Å². The van der Waals surface area contributed by atoms with E-state index in [0.717, 1.165) is 5.56 Å². The number of rotatable bonds is 2. The van der Waals surface area contributed by atoms with Gasteiger partial charge in [-0.3, -0.25) is 9.59 Å². The molecule has 178 valence electrons. The van der Waals surface area contributed by atoms with Crippen LogP contribution < -0.4 is 4.74 Å². The van der Waals surface area contributed by atoms with Crippen LogP contribution in [-0.4, -0.2) is 67.8 Å². The number of carbonyl (C=O) groups excluding carboxylic acids is 2. The summed E-state index contributed by atoms with van der Waals surface area (Å²) in [6, 6.07) is 5.71. The minimum atomic E-state index is -1.30. The topological polar surface area (TPSA) is 154 Å². The van der Waals surface area contributed by atoms with Gasteiger partial charge in [0.15, 0.2) is 11.6 Å². The molecule has 0 bridgehead atoms. The van der Waals surface area contributed by atoms with E-state index in [9.17, 15) is 35.1 Å². The molecule has 9 heteroatoms. The number of allylic oxidation sites excluding steroid dienone is 1. The van der Waals surface area contributed by atoms with Crippen molar-refractivity contribution in [3.63, 3.8) is 0 Å². The number of carbonyl (C=O) groups is 2. The highest BCUT2D eigenvalue weighted by molar-refractivity contribution is 6.42. The Morgan fingerprint density at radius 3 is 2.41 bits per heavy atom. The van der Waals surface area contributed by atoms with Gasteiger partial charge in [0.05, 0.1) is 29.4 Å². The summed E-state index contributed by atoms with van der Waals surface area (Å²) in [6.45, 7) is 3.32. The average molecular weight is 468 g/mol. The molecule has 1 heterocycles. The number of hydrogen-bond donors (Lipinski definition) is 5. The lowest BCUT2D eigenvalue weighted by atomic mass is 9.72. The number of phenolic OH excluding ortho intramolecular Hbond substituents is 2. The molecule has 0 spiro atoms. The fraction of sp³-hybridized carbons (Fsp3) is 0.360. The number of hydrogen-bond acceptors (Lipinski definition) is 9. The van der Waals surface area contributed by atoms with Gasteiger partial charge >= 0.3 is 0 Å². The number of aromatic hydroxyl groups is 2. The number of aliphatic hydroxyl groups is 3. The van der Waals surface area contributed by atoms with Crippen molar-refractivity contribution in [1.82, 2.24) is 0 Å². The molecular formula is C25H24O9. The predicted molar refractivity (Wildman–Crippen MR) is 118 cm³/mol. The zero-order valence-electron chi connectivity index (χ0n) is 18.5. The molecule has 5 unspecified atom stereocenters. The first kappa shape index (κ1) is 22.5. The first-order valence-electron chi connectivity index (χ1n) is 11.0. The van der Waals surface area contributed by atoms with Crippen LogP contribution in [0.1, 0.15) is 50.8 Å². The van der Waals surface area contributed by atoms with E-state index in [1.165, 1.54) is 18.2 Å². The van der Waals surface area contributed by atoms with Crippen molar-refractivity contribution in [3.8, 4) is 17.2 Å². The predicted octanol–water partition coefficient (Wildman–Crippen LogP) is 1.39. The molecule has 5 rings (SSSR count). The SMILES string of the molecule is Cc1cc(O)c2c(c1)CC(O)C1=C2C(=O)c2c(O)ccc(OC3CC(O)C(O)C(C)O3)c2C1=O. The van der Waals surface area contributed by atoms with Crippen molar-refractivity contribution in [2.24, 2.45) is 0 Å². The van der Waals surface area contributed by atoms with Gasteiger partial charge in [0.25, 0.3) is 0 Å². The van der Waals surface area contributed by atoms with Crippen LogP contribution in [0, 0.1) is 6.92 Å². The Balaban J connectivity index is 1.63. The first-order valence-corrected chi connectivity index (χ1v) is 11.0. The largest absolute Gasteiger partial charge is 0.507 e. The number of aryl methyl sites for hydroxylation is 1. The molecule has 0 radical (unpaired) electrons. The maximum atomic E-state index is 13.6.